The predicted molar refractivity (Wildman–Crippen MR) is 194 cm³/mol. The van der Waals surface area contributed by atoms with Gasteiger partial charge < -0.3 is 8.98 Å². The van der Waals surface area contributed by atoms with Gasteiger partial charge in [0.15, 0.2) is 11.6 Å². The highest BCUT2D eigenvalue weighted by molar-refractivity contribution is 6.24. The van der Waals surface area contributed by atoms with Gasteiger partial charge in [-0.05, 0) is 73.6 Å². The quantitative estimate of drug-likeness (QED) is 0.192. The van der Waals surface area contributed by atoms with E-state index in [0.29, 0.717) is 29.0 Å². The standard InChI is InChI=1S/C43H33N5O/c1-43(23-26-15-16-27(21-26)24-43)42-46-40(29-9-3-2-4-10-29)45-41(47-42)33-22-28(25-44)17-19-35(33)48-34-13-7-5-12-32(34)38-36(48)20-18-31-30-11-6-8-14-37(30)49-39(31)38/h2-14,17-20,22,26-27H,15-16,21,23-24H2,1H3/t26-,27-/m0/s1. The summed E-state index contributed by atoms with van der Waals surface area (Å²) in [6.45, 7) is 2.35. The molecule has 49 heavy (non-hydrogen) atoms. The molecule has 2 bridgehead atoms. The number of rotatable bonds is 4. The van der Waals surface area contributed by atoms with E-state index in [2.05, 4.69) is 78.2 Å². The minimum atomic E-state index is -0.141. The molecule has 0 amide bonds. The molecule has 0 N–H and O–H groups in total. The lowest BCUT2D eigenvalue weighted by atomic mass is 9.69. The van der Waals surface area contributed by atoms with Gasteiger partial charge in [-0.2, -0.15) is 5.26 Å². The van der Waals surface area contributed by atoms with E-state index in [1.165, 1.54) is 19.3 Å². The zero-order valence-electron chi connectivity index (χ0n) is 27.2. The Kier molecular flexibility index (Phi) is 6.11. The molecular weight excluding hydrogens is 603 g/mol. The first-order valence-corrected chi connectivity index (χ1v) is 17.3. The van der Waals surface area contributed by atoms with Gasteiger partial charge in [0, 0.05) is 32.7 Å². The van der Waals surface area contributed by atoms with Crippen LogP contribution in [0.5, 0.6) is 0 Å². The number of para-hydroxylation sites is 2. The molecule has 0 aliphatic heterocycles. The third-order valence-electron chi connectivity index (χ3n) is 11.1. The van der Waals surface area contributed by atoms with E-state index in [9.17, 15) is 5.26 Å². The Balaban J connectivity index is 1.26. The van der Waals surface area contributed by atoms with E-state index in [4.69, 9.17) is 19.4 Å². The number of fused-ring (bicyclic) bond motifs is 9. The van der Waals surface area contributed by atoms with Crippen molar-refractivity contribution in [2.24, 2.45) is 11.8 Å². The second kappa shape index (κ2) is 10.6. The highest BCUT2D eigenvalue weighted by Gasteiger charge is 2.44. The first-order chi connectivity index (χ1) is 24.1. The Bertz CT molecular complexity index is 2630. The van der Waals surface area contributed by atoms with Crippen molar-refractivity contribution in [1.82, 2.24) is 19.5 Å². The summed E-state index contributed by atoms with van der Waals surface area (Å²) in [6.07, 6.45) is 6.09. The molecule has 8 aromatic rings. The molecule has 0 unspecified atom stereocenters. The molecule has 2 fully saturated rings. The van der Waals surface area contributed by atoms with Crippen LogP contribution in [0.15, 0.2) is 114 Å². The Morgan fingerprint density at radius 1 is 0.735 bits per heavy atom. The summed E-state index contributed by atoms with van der Waals surface area (Å²) in [5.74, 6) is 3.54. The highest BCUT2D eigenvalue weighted by atomic mass is 16.3. The molecule has 236 valence electrons. The Labute approximate surface area is 283 Å². The molecule has 0 saturated heterocycles. The van der Waals surface area contributed by atoms with Gasteiger partial charge >= 0.3 is 0 Å². The summed E-state index contributed by atoms with van der Waals surface area (Å²) >= 11 is 0. The van der Waals surface area contributed by atoms with Crippen molar-refractivity contribution in [3.8, 4) is 34.5 Å². The van der Waals surface area contributed by atoms with E-state index < -0.39 is 0 Å². The minimum absolute atomic E-state index is 0.141. The van der Waals surface area contributed by atoms with Gasteiger partial charge in [-0.1, -0.05) is 86.5 Å². The molecule has 6 nitrogen and oxygen atoms in total. The fraction of sp³-hybridized carbons (Fsp3) is 0.209. The molecule has 2 atom stereocenters. The SMILES string of the molecule is CC1(c2nc(-c3ccccc3)nc(-c3cc(C#N)ccc3-n3c4ccccc4c4c5oc6ccccc6c5ccc43)n2)C[C@H]2CC[C@@H](C2)C1. The maximum absolute atomic E-state index is 10.1. The lowest BCUT2D eigenvalue weighted by molar-refractivity contribution is 0.221. The predicted octanol–water partition coefficient (Wildman–Crippen LogP) is 10.5. The van der Waals surface area contributed by atoms with Crippen LogP contribution in [-0.4, -0.2) is 19.5 Å². The average Bonchev–Trinajstić information content (AvgIpc) is 3.81. The first-order valence-electron chi connectivity index (χ1n) is 17.3. The van der Waals surface area contributed by atoms with Crippen LogP contribution in [0.4, 0.5) is 0 Å². The lowest BCUT2D eigenvalue weighted by Crippen LogP contribution is -2.33. The smallest absolute Gasteiger partial charge is 0.165 e. The molecule has 0 radical (unpaired) electrons. The van der Waals surface area contributed by atoms with Gasteiger partial charge in [-0.15, -0.1) is 0 Å². The van der Waals surface area contributed by atoms with Crippen LogP contribution >= 0.6 is 0 Å². The number of nitriles is 1. The van der Waals surface area contributed by atoms with Crippen LogP contribution in [0.2, 0.25) is 0 Å². The maximum Gasteiger partial charge on any atom is 0.165 e. The van der Waals surface area contributed by atoms with Crippen molar-refractivity contribution in [3.63, 3.8) is 0 Å². The molecule has 2 aliphatic rings. The third kappa shape index (κ3) is 4.35. The number of aromatic nitrogens is 4. The number of nitrogens with zero attached hydrogens (tertiary/aromatic N) is 5. The number of benzene rings is 5. The van der Waals surface area contributed by atoms with Crippen LogP contribution in [0.3, 0.4) is 0 Å². The zero-order chi connectivity index (χ0) is 32.7. The van der Waals surface area contributed by atoms with Crippen LogP contribution < -0.4 is 0 Å². The molecule has 10 rings (SSSR count). The zero-order valence-corrected chi connectivity index (χ0v) is 27.2. The second-order valence-corrected chi connectivity index (χ2v) is 14.3. The molecule has 6 heteroatoms. The van der Waals surface area contributed by atoms with Crippen LogP contribution in [0.25, 0.3) is 72.2 Å². The Morgan fingerprint density at radius 3 is 2.29 bits per heavy atom. The maximum atomic E-state index is 10.1. The first kappa shape index (κ1) is 28.2. The molecule has 2 aliphatic carbocycles. The van der Waals surface area contributed by atoms with Crippen molar-refractivity contribution >= 4 is 43.7 Å². The Hall–Kier alpha value is -5.80. The second-order valence-electron chi connectivity index (χ2n) is 14.3. The molecule has 0 spiro atoms. The summed E-state index contributed by atoms with van der Waals surface area (Å²) in [5, 5.41) is 14.5. The van der Waals surface area contributed by atoms with E-state index >= 15 is 0 Å². The van der Waals surface area contributed by atoms with E-state index in [1.807, 2.05) is 48.5 Å². The van der Waals surface area contributed by atoms with Crippen LogP contribution in [-0.2, 0) is 5.41 Å². The summed E-state index contributed by atoms with van der Waals surface area (Å²) in [5.41, 5.74) is 6.89. The highest BCUT2D eigenvalue weighted by Crippen LogP contribution is 2.51. The van der Waals surface area contributed by atoms with Gasteiger partial charge in [0.1, 0.15) is 17.0 Å². The monoisotopic (exact) mass is 635 g/mol. The van der Waals surface area contributed by atoms with Crippen molar-refractivity contribution in [3.05, 3.63) is 121 Å². The molecule has 3 aromatic heterocycles. The summed E-state index contributed by atoms with van der Waals surface area (Å²) < 4.78 is 8.85. The van der Waals surface area contributed by atoms with Crippen molar-refractivity contribution < 1.29 is 4.42 Å². The topological polar surface area (TPSA) is 80.5 Å². The number of hydrogen-bond acceptors (Lipinski definition) is 5. The summed E-state index contributed by atoms with van der Waals surface area (Å²) in [4.78, 5) is 15.7. The average molecular weight is 636 g/mol. The fourth-order valence-corrected chi connectivity index (χ4v) is 9.05. The number of hydrogen-bond donors (Lipinski definition) is 0. The van der Waals surface area contributed by atoms with E-state index in [1.54, 1.807) is 0 Å². The summed E-state index contributed by atoms with van der Waals surface area (Å²) in [6, 6.07) is 39.5. The van der Waals surface area contributed by atoms with Gasteiger partial charge in [-0.25, -0.2) is 15.0 Å². The molecular formula is C43H33N5O. The molecule has 2 saturated carbocycles. The molecule has 3 heterocycles. The van der Waals surface area contributed by atoms with Crippen molar-refractivity contribution in [2.45, 2.75) is 44.4 Å². The number of furan rings is 1. The lowest BCUT2D eigenvalue weighted by Gasteiger charge is -2.36. The normalized spacial score (nSPS) is 20.4. The van der Waals surface area contributed by atoms with Crippen LogP contribution in [0, 0.1) is 23.2 Å². The fourth-order valence-electron chi connectivity index (χ4n) is 9.05. The Morgan fingerprint density at radius 2 is 1.47 bits per heavy atom. The van der Waals surface area contributed by atoms with Gasteiger partial charge in [0.05, 0.1) is 33.7 Å². The van der Waals surface area contributed by atoms with E-state index in [-0.39, 0.29) is 5.41 Å². The van der Waals surface area contributed by atoms with Gasteiger partial charge in [-0.3, -0.25) is 0 Å². The largest absolute Gasteiger partial charge is 0.455 e. The molecule has 5 aromatic carbocycles. The van der Waals surface area contributed by atoms with Gasteiger partial charge in [0.25, 0.3) is 0 Å². The minimum Gasteiger partial charge on any atom is -0.455 e. The van der Waals surface area contributed by atoms with Gasteiger partial charge in [0.2, 0.25) is 0 Å². The summed E-state index contributed by atoms with van der Waals surface area (Å²) in [7, 11) is 0. The third-order valence-corrected chi connectivity index (χ3v) is 11.1. The van der Waals surface area contributed by atoms with Crippen LogP contribution in [0.1, 0.15) is 50.4 Å². The van der Waals surface area contributed by atoms with E-state index in [0.717, 1.165) is 79.2 Å². The van der Waals surface area contributed by atoms with Crippen molar-refractivity contribution in [1.29, 1.82) is 5.26 Å². The van der Waals surface area contributed by atoms with Crippen molar-refractivity contribution in [2.75, 3.05) is 0 Å².